The molecule has 1 aromatic heterocycles. The second-order valence-corrected chi connectivity index (χ2v) is 7.26. The highest BCUT2D eigenvalue weighted by atomic mass is 16.5. The number of aryl methyl sites for hydroxylation is 1. The lowest BCUT2D eigenvalue weighted by Gasteiger charge is -2.16. The maximum absolute atomic E-state index is 13.0. The van der Waals surface area contributed by atoms with Gasteiger partial charge in [-0.25, -0.2) is 4.79 Å². The topological polar surface area (TPSA) is 111 Å². The SMILES string of the molecule is C[C@H](OC(=O)c1c2c(nc3ccccc13)CCC2)C(=O)Nc1ccc(C(N)=O)cc1. The molecule has 0 fully saturated rings. The predicted octanol–water partition coefficient (Wildman–Crippen LogP) is 3.01. The summed E-state index contributed by atoms with van der Waals surface area (Å²) in [5, 5.41) is 3.41. The number of carbonyl (C=O) groups excluding carboxylic acids is 3. The molecule has 0 aliphatic heterocycles. The van der Waals surface area contributed by atoms with Crippen molar-refractivity contribution in [3.8, 4) is 0 Å². The Morgan fingerprint density at radius 1 is 1.07 bits per heavy atom. The fourth-order valence-electron chi connectivity index (χ4n) is 3.68. The Morgan fingerprint density at radius 3 is 2.53 bits per heavy atom. The highest BCUT2D eigenvalue weighted by Gasteiger charge is 2.27. The molecule has 7 heteroatoms. The number of ether oxygens (including phenoxy) is 1. The van der Waals surface area contributed by atoms with E-state index in [4.69, 9.17) is 10.5 Å². The van der Waals surface area contributed by atoms with Gasteiger partial charge in [-0.15, -0.1) is 0 Å². The molecule has 1 atom stereocenters. The number of carbonyl (C=O) groups is 3. The summed E-state index contributed by atoms with van der Waals surface area (Å²) in [6.07, 6.45) is 1.54. The van der Waals surface area contributed by atoms with E-state index in [0.29, 0.717) is 16.8 Å². The highest BCUT2D eigenvalue weighted by Crippen LogP contribution is 2.30. The summed E-state index contributed by atoms with van der Waals surface area (Å²) in [4.78, 5) is 41.3. The first-order valence-electron chi connectivity index (χ1n) is 9.76. The summed E-state index contributed by atoms with van der Waals surface area (Å²) >= 11 is 0. The average molecular weight is 403 g/mol. The molecule has 0 spiro atoms. The molecular formula is C23H21N3O4. The third kappa shape index (κ3) is 3.74. The van der Waals surface area contributed by atoms with Crippen LogP contribution in [0.15, 0.2) is 48.5 Å². The fraction of sp³-hybridized carbons (Fsp3) is 0.217. The van der Waals surface area contributed by atoms with Crippen molar-refractivity contribution in [3.63, 3.8) is 0 Å². The van der Waals surface area contributed by atoms with Crippen LogP contribution in [0.25, 0.3) is 10.9 Å². The summed E-state index contributed by atoms with van der Waals surface area (Å²) in [5.41, 5.74) is 9.11. The number of nitrogens with two attached hydrogens (primary N) is 1. The molecule has 0 saturated carbocycles. The quantitative estimate of drug-likeness (QED) is 0.636. The second-order valence-electron chi connectivity index (χ2n) is 7.26. The van der Waals surface area contributed by atoms with E-state index >= 15 is 0 Å². The molecule has 0 saturated heterocycles. The molecule has 0 bridgehead atoms. The molecule has 4 rings (SSSR count). The number of amides is 2. The van der Waals surface area contributed by atoms with Crippen LogP contribution in [-0.4, -0.2) is 28.9 Å². The smallest absolute Gasteiger partial charge is 0.339 e. The van der Waals surface area contributed by atoms with Gasteiger partial charge in [-0.2, -0.15) is 0 Å². The summed E-state index contributed by atoms with van der Waals surface area (Å²) in [7, 11) is 0. The standard InChI is InChI=1S/C23H21N3O4/c1-13(22(28)25-15-11-9-14(10-12-15)21(24)27)30-23(29)20-16-5-2-3-7-18(16)26-19-8-4-6-17(19)20/h2-3,5,7,9-13H,4,6,8H2,1H3,(H2,24,27)(H,25,28)/t13-/m0/s1. The number of hydrogen-bond donors (Lipinski definition) is 2. The molecule has 0 radical (unpaired) electrons. The normalized spacial score (nSPS) is 13.5. The van der Waals surface area contributed by atoms with E-state index in [9.17, 15) is 14.4 Å². The second kappa shape index (κ2) is 7.94. The number of nitrogens with zero attached hydrogens (tertiary/aromatic N) is 1. The summed E-state index contributed by atoms with van der Waals surface area (Å²) < 4.78 is 5.51. The van der Waals surface area contributed by atoms with Gasteiger partial charge >= 0.3 is 5.97 Å². The third-order valence-electron chi connectivity index (χ3n) is 5.21. The van der Waals surface area contributed by atoms with Gasteiger partial charge < -0.3 is 15.8 Å². The van der Waals surface area contributed by atoms with Gasteiger partial charge in [-0.3, -0.25) is 14.6 Å². The largest absolute Gasteiger partial charge is 0.449 e. The van der Waals surface area contributed by atoms with Crippen LogP contribution in [-0.2, 0) is 22.4 Å². The molecule has 7 nitrogen and oxygen atoms in total. The number of para-hydroxylation sites is 1. The van der Waals surface area contributed by atoms with Crippen LogP contribution in [0, 0.1) is 0 Å². The Balaban J connectivity index is 1.52. The minimum Gasteiger partial charge on any atom is -0.449 e. The minimum atomic E-state index is -1.00. The van der Waals surface area contributed by atoms with E-state index < -0.39 is 23.9 Å². The van der Waals surface area contributed by atoms with Gasteiger partial charge in [0, 0.05) is 22.3 Å². The molecule has 2 amide bonds. The van der Waals surface area contributed by atoms with Crippen LogP contribution >= 0.6 is 0 Å². The number of nitrogens with one attached hydrogen (secondary N) is 1. The number of hydrogen-bond acceptors (Lipinski definition) is 5. The van der Waals surface area contributed by atoms with Crippen molar-refractivity contribution in [3.05, 3.63) is 70.9 Å². The van der Waals surface area contributed by atoms with Gasteiger partial charge in [0.2, 0.25) is 5.91 Å². The van der Waals surface area contributed by atoms with Crippen molar-refractivity contribution in [1.29, 1.82) is 0 Å². The molecule has 3 aromatic rings. The van der Waals surface area contributed by atoms with Gasteiger partial charge in [-0.1, -0.05) is 18.2 Å². The van der Waals surface area contributed by atoms with Crippen molar-refractivity contribution in [2.75, 3.05) is 5.32 Å². The van der Waals surface area contributed by atoms with Crippen molar-refractivity contribution in [2.45, 2.75) is 32.3 Å². The van der Waals surface area contributed by atoms with Crippen LogP contribution in [0.5, 0.6) is 0 Å². The zero-order valence-corrected chi connectivity index (χ0v) is 16.5. The maximum Gasteiger partial charge on any atom is 0.339 e. The Labute approximate surface area is 173 Å². The Bertz CT molecular complexity index is 1160. The Morgan fingerprint density at radius 2 is 1.80 bits per heavy atom. The lowest BCUT2D eigenvalue weighted by Crippen LogP contribution is -2.30. The first-order valence-corrected chi connectivity index (χ1v) is 9.76. The van der Waals surface area contributed by atoms with Crippen molar-refractivity contribution < 1.29 is 19.1 Å². The van der Waals surface area contributed by atoms with Gasteiger partial charge in [0.1, 0.15) is 0 Å². The van der Waals surface area contributed by atoms with Crippen LogP contribution in [0.1, 0.15) is 45.3 Å². The van der Waals surface area contributed by atoms with Gasteiger partial charge in [0.25, 0.3) is 5.91 Å². The molecule has 0 unspecified atom stereocenters. The predicted molar refractivity (Wildman–Crippen MR) is 112 cm³/mol. The van der Waals surface area contributed by atoms with Crippen molar-refractivity contribution >= 4 is 34.4 Å². The Kier molecular flexibility index (Phi) is 5.18. The number of esters is 1. The zero-order chi connectivity index (χ0) is 21.3. The van der Waals surface area contributed by atoms with Crippen LogP contribution < -0.4 is 11.1 Å². The van der Waals surface area contributed by atoms with Crippen LogP contribution in [0.4, 0.5) is 5.69 Å². The summed E-state index contributed by atoms with van der Waals surface area (Å²) in [6.45, 7) is 1.52. The molecule has 2 aromatic carbocycles. The number of aromatic nitrogens is 1. The van der Waals surface area contributed by atoms with E-state index in [1.807, 2.05) is 24.3 Å². The molecule has 1 heterocycles. The van der Waals surface area contributed by atoms with Gasteiger partial charge in [-0.05, 0) is 62.1 Å². The van der Waals surface area contributed by atoms with Gasteiger partial charge in [0.15, 0.2) is 6.10 Å². The zero-order valence-electron chi connectivity index (χ0n) is 16.5. The monoisotopic (exact) mass is 403 g/mol. The molecule has 1 aliphatic carbocycles. The summed E-state index contributed by atoms with van der Waals surface area (Å²) in [5.74, 6) is -1.55. The lowest BCUT2D eigenvalue weighted by atomic mass is 10.0. The van der Waals surface area contributed by atoms with Crippen LogP contribution in [0.3, 0.4) is 0 Å². The van der Waals surface area contributed by atoms with E-state index in [0.717, 1.165) is 41.4 Å². The first-order chi connectivity index (χ1) is 14.4. The molecular weight excluding hydrogens is 382 g/mol. The lowest BCUT2D eigenvalue weighted by molar-refractivity contribution is -0.123. The molecule has 30 heavy (non-hydrogen) atoms. The van der Waals surface area contributed by atoms with Crippen molar-refractivity contribution in [2.24, 2.45) is 5.73 Å². The molecule has 3 N–H and O–H groups in total. The number of anilines is 1. The number of primary amides is 1. The van der Waals surface area contributed by atoms with E-state index in [-0.39, 0.29) is 0 Å². The molecule has 1 aliphatic rings. The number of fused-ring (bicyclic) bond motifs is 2. The first kappa shape index (κ1) is 19.6. The van der Waals surface area contributed by atoms with E-state index in [2.05, 4.69) is 10.3 Å². The number of benzene rings is 2. The average Bonchev–Trinajstić information content (AvgIpc) is 3.20. The Hall–Kier alpha value is -3.74. The summed E-state index contributed by atoms with van der Waals surface area (Å²) in [6, 6.07) is 13.6. The van der Waals surface area contributed by atoms with E-state index in [1.165, 1.54) is 19.1 Å². The highest BCUT2D eigenvalue weighted by molar-refractivity contribution is 6.06. The maximum atomic E-state index is 13.0. The third-order valence-corrected chi connectivity index (χ3v) is 5.21. The van der Waals surface area contributed by atoms with Crippen molar-refractivity contribution in [1.82, 2.24) is 4.98 Å². The number of pyridine rings is 1. The fourth-order valence-corrected chi connectivity index (χ4v) is 3.68. The number of rotatable bonds is 5. The molecule has 152 valence electrons. The van der Waals surface area contributed by atoms with E-state index in [1.54, 1.807) is 12.1 Å². The van der Waals surface area contributed by atoms with Crippen LogP contribution in [0.2, 0.25) is 0 Å². The van der Waals surface area contributed by atoms with Gasteiger partial charge in [0.05, 0.1) is 11.1 Å². The minimum absolute atomic E-state index is 0.339.